The highest BCUT2D eigenvalue weighted by atomic mass is 35.5. The summed E-state index contributed by atoms with van der Waals surface area (Å²) in [4.78, 5) is 28.4. The van der Waals surface area contributed by atoms with Crippen LogP contribution in [-0.4, -0.2) is 43.8 Å². The molecule has 3 aromatic carbocycles. The molecule has 1 N–H and O–H groups in total. The Bertz CT molecular complexity index is 1350. The predicted octanol–water partition coefficient (Wildman–Crippen LogP) is 5.18. The number of sulfonamides is 1. The van der Waals surface area contributed by atoms with Gasteiger partial charge in [0.25, 0.3) is 10.0 Å². The van der Waals surface area contributed by atoms with Crippen LogP contribution in [0, 0.1) is 6.92 Å². The van der Waals surface area contributed by atoms with Crippen LogP contribution in [0.5, 0.6) is 0 Å². The van der Waals surface area contributed by atoms with Crippen LogP contribution in [0.25, 0.3) is 0 Å². The molecule has 0 spiro atoms. The van der Waals surface area contributed by atoms with Gasteiger partial charge in [0.15, 0.2) is 0 Å². The molecule has 202 valence electrons. The van der Waals surface area contributed by atoms with Gasteiger partial charge < -0.3 is 10.2 Å². The number of nitrogens with zero attached hydrogens (tertiary/aromatic N) is 2. The van der Waals surface area contributed by atoms with E-state index in [-0.39, 0.29) is 23.4 Å². The predicted molar refractivity (Wildman–Crippen MR) is 152 cm³/mol. The second kappa shape index (κ2) is 12.9. The van der Waals surface area contributed by atoms with E-state index in [4.69, 9.17) is 11.6 Å². The van der Waals surface area contributed by atoms with Crippen molar-refractivity contribution in [2.24, 2.45) is 0 Å². The number of nitrogens with one attached hydrogen (secondary N) is 1. The molecule has 0 aromatic heterocycles. The molecular weight excluding hydrogens is 522 g/mol. The summed E-state index contributed by atoms with van der Waals surface area (Å²) in [7, 11) is -4.14. The molecule has 9 heteroatoms. The smallest absolute Gasteiger partial charge is 0.264 e. The van der Waals surface area contributed by atoms with Crippen LogP contribution in [0.3, 0.4) is 0 Å². The van der Waals surface area contributed by atoms with Crippen LogP contribution < -0.4 is 9.62 Å². The normalized spacial score (nSPS) is 12.9. The van der Waals surface area contributed by atoms with Crippen LogP contribution >= 0.6 is 11.6 Å². The van der Waals surface area contributed by atoms with Crippen molar-refractivity contribution in [3.8, 4) is 0 Å². The van der Waals surface area contributed by atoms with E-state index < -0.39 is 28.5 Å². The number of para-hydroxylation sites is 1. The molecule has 0 saturated carbocycles. The minimum absolute atomic E-state index is 0.00937. The first-order valence-electron chi connectivity index (χ1n) is 12.5. The molecule has 0 bridgehead atoms. The highest BCUT2D eigenvalue weighted by Crippen LogP contribution is 2.28. The molecule has 0 aliphatic heterocycles. The number of benzene rings is 3. The Morgan fingerprint density at radius 1 is 0.921 bits per heavy atom. The number of aryl methyl sites for hydroxylation is 1. The molecule has 0 aliphatic carbocycles. The van der Waals surface area contributed by atoms with Crippen molar-refractivity contribution in [3.63, 3.8) is 0 Å². The van der Waals surface area contributed by atoms with E-state index in [1.165, 1.54) is 29.2 Å². The zero-order valence-corrected chi connectivity index (χ0v) is 23.7. The summed E-state index contributed by atoms with van der Waals surface area (Å²) >= 11 is 5.99. The lowest BCUT2D eigenvalue weighted by atomic mass is 10.1. The van der Waals surface area contributed by atoms with Crippen LogP contribution in [0.2, 0.25) is 5.02 Å². The Labute approximate surface area is 230 Å². The minimum atomic E-state index is -4.14. The average Bonchev–Trinajstić information content (AvgIpc) is 2.91. The van der Waals surface area contributed by atoms with Crippen molar-refractivity contribution in [3.05, 3.63) is 95.0 Å². The van der Waals surface area contributed by atoms with Gasteiger partial charge in [0.1, 0.15) is 12.6 Å². The second-order valence-corrected chi connectivity index (χ2v) is 11.6. The minimum Gasteiger partial charge on any atom is -0.352 e. The first-order chi connectivity index (χ1) is 18.0. The molecule has 3 rings (SSSR count). The van der Waals surface area contributed by atoms with Gasteiger partial charge in [0.2, 0.25) is 11.8 Å². The summed E-state index contributed by atoms with van der Waals surface area (Å²) in [6.45, 7) is 6.97. The molecule has 0 heterocycles. The first kappa shape index (κ1) is 29.2. The van der Waals surface area contributed by atoms with Gasteiger partial charge >= 0.3 is 0 Å². The number of hydrogen-bond acceptors (Lipinski definition) is 4. The van der Waals surface area contributed by atoms with E-state index in [2.05, 4.69) is 5.32 Å². The van der Waals surface area contributed by atoms with E-state index in [0.29, 0.717) is 16.3 Å². The van der Waals surface area contributed by atoms with Crippen LogP contribution in [-0.2, 0) is 26.2 Å². The van der Waals surface area contributed by atoms with Gasteiger partial charge in [-0.2, -0.15) is 0 Å². The highest BCUT2D eigenvalue weighted by Gasteiger charge is 2.33. The molecule has 7 nitrogen and oxygen atoms in total. The number of halogens is 1. The summed E-state index contributed by atoms with van der Waals surface area (Å²) in [6.07, 6.45) is 0.742. The number of carbonyl (C=O) groups excluding carboxylic acids is 2. The lowest BCUT2D eigenvalue weighted by molar-refractivity contribution is -0.139. The third kappa shape index (κ3) is 7.14. The van der Waals surface area contributed by atoms with Gasteiger partial charge in [-0.3, -0.25) is 13.9 Å². The molecule has 3 aromatic rings. The van der Waals surface area contributed by atoms with Gasteiger partial charge in [-0.05, 0) is 68.7 Å². The maximum absolute atomic E-state index is 13.9. The molecule has 0 saturated heterocycles. The quantitative estimate of drug-likeness (QED) is 0.353. The lowest BCUT2D eigenvalue weighted by Crippen LogP contribution is -2.52. The van der Waals surface area contributed by atoms with Gasteiger partial charge in [-0.15, -0.1) is 0 Å². The molecule has 2 atom stereocenters. The maximum atomic E-state index is 13.9. The Hall–Kier alpha value is -3.36. The van der Waals surface area contributed by atoms with E-state index in [9.17, 15) is 18.0 Å². The zero-order chi connectivity index (χ0) is 27.9. The zero-order valence-electron chi connectivity index (χ0n) is 22.1. The molecule has 0 aliphatic rings. The Balaban J connectivity index is 2.02. The summed E-state index contributed by atoms with van der Waals surface area (Å²) in [6, 6.07) is 21.2. The SMILES string of the molecule is CCC(C)NC(=O)C(C)N(Cc1ccccc1)C(=O)CN(c1ccccc1C)S(=O)(=O)c1ccc(Cl)cc1. The maximum Gasteiger partial charge on any atom is 0.264 e. The lowest BCUT2D eigenvalue weighted by Gasteiger charge is -2.33. The number of carbonyl (C=O) groups is 2. The van der Waals surface area contributed by atoms with Crippen molar-refractivity contribution in [1.82, 2.24) is 10.2 Å². The summed E-state index contributed by atoms with van der Waals surface area (Å²) in [5.41, 5.74) is 1.90. The average molecular weight is 556 g/mol. The van der Waals surface area contributed by atoms with Crippen molar-refractivity contribution >= 4 is 39.1 Å². The van der Waals surface area contributed by atoms with Gasteiger partial charge in [0, 0.05) is 17.6 Å². The van der Waals surface area contributed by atoms with Crippen LogP contribution in [0.4, 0.5) is 5.69 Å². The van der Waals surface area contributed by atoms with E-state index in [0.717, 1.165) is 16.3 Å². The fourth-order valence-corrected chi connectivity index (χ4v) is 5.52. The van der Waals surface area contributed by atoms with Crippen LogP contribution in [0.1, 0.15) is 38.3 Å². The van der Waals surface area contributed by atoms with Crippen molar-refractivity contribution in [2.75, 3.05) is 10.8 Å². The second-order valence-electron chi connectivity index (χ2n) is 9.25. The third-order valence-corrected chi connectivity index (χ3v) is 8.45. The highest BCUT2D eigenvalue weighted by molar-refractivity contribution is 7.92. The Kier molecular flexibility index (Phi) is 9.94. The fourth-order valence-electron chi connectivity index (χ4n) is 3.92. The van der Waals surface area contributed by atoms with Crippen molar-refractivity contribution < 1.29 is 18.0 Å². The molecular formula is C29H34ClN3O4S. The van der Waals surface area contributed by atoms with E-state index >= 15 is 0 Å². The molecule has 2 amide bonds. The van der Waals surface area contributed by atoms with E-state index in [1.54, 1.807) is 38.1 Å². The number of amides is 2. The van der Waals surface area contributed by atoms with Crippen molar-refractivity contribution in [1.29, 1.82) is 0 Å². The summed E-state index contributed by atoms with van der Waals surface area (Å²) in [5.74, 6) is -0.798. The topological polar surface area (TPSA) is 86.8 Å². The number of rotatable bonds is 11. The van der Waals surface area contributed by atoms with Gasteiger partial charge in [-0.25, -0.2) is 8.42 Å². The monoisotopic (exact) mass is 555 g/mol. The van der Waals surface area contributed by atoms with Gasteiger partial charge in [0.05, 0.1) is 10.6 Å². The van der Waals surface area contributed by atoms with Gasteiger partial charge in [-0.1, -0.05) is 67.1 Å². The molecule has 2 unspecified atom stereocenters. The Morgan fingerprint density at radius 3 is 2.13 bits per heavy atom. The largest absolute Gasteiger partial charge is 0.352 e. The first-order valence-corrected chi connectivity index (χ1v) is 14.3. The summed E-state index contributed by atoms with van der Waals surface area (Å²) in [5, 5.41) is 3.33. The third-order valence-electron chi connectivity index (χ3n) is 6.43. The van der Waals surface area contributed by atoms with E-state index in [1.807, 2.05) is 44.2 Å². The van der Waals surface area contributed by atoms with Crippen LogP contribution in [0.15, 0.2) is 83.8 Å². The Morgan fingerprint density at radius 2 is 1.53 bits per heavy atom. The fraction of sp³-hybridized carbons (Fsp3) is 0.310. The van der Waals surface area contributed by atoms with Crippen molar-refractivity contribution in [2.45, 2.75) is 57.6 Å². The summed E-state index contributed by atoms with van der Waals surface area (Å²) < 4.78 is 28.8. The molecule has 0 radical (unpaired) electrons. The molecule has 38 heavy (non-hydrogen) atoms. The standard InChI is InChI=1S/C29H34ClN3O4S/c1-5-22(3)31-29(35)23(4)32(19-24-12-7-6-8-13-24)28(34)20-33(27-14-10-9-11-21(27)2)38(36,37)26-17-15-25(30)16-18-26/h6-18,22-23H,5,19-20H2,1-4H3,(H,31,35). The molecule has 0 fully saturated rings. The number of hydrogen-bond donors (Lipinski definition) is 1. The number of anilines is 1.